The van der Waals surface area contributed by atoms with Crippen molar-refractivity contribution in [3.8, 4) is 0 Å². The zero-order chi connectivity index (χ0) is 20.7. The van der Waals surface area contributed by atoms with Gasteiger partial charge in [0.2, 0.25) is 5.76 Å². The van der Waals surface area contributed by atoms with Gasteiger partial charge in [0.25, 0.3) is 11.6 Å². The summed E-state index contributed by atoms with van der Waals surface area (Å²) in [5.41, 5.74) is 0.298. The minimum absolute atomic E-state index is 0.0718. The molecule has 0 radical (unpaired) electrons. The van der Waals surface area contributed by atoms with E-state index in [4.69, 9.17) is 20.8 Å². The van der Waals surface area contributed by atoms with Crippen molar-refractivity contribution in [1.29, 1.82) is 0 Å². The van der Waals surface area contributed by atoms with Crippen LogP contribution in [0.2, 0.25) is 5.02 Å². The number of ether oxygens (including phenoxy) is 1. The fraction of sp³-hybridized carbons (Fsp3) is 0.200. The van der Waals surface area contributed by atoms with Crippen LogP contribution in [0, 0.1) is 10.1 Å². The number of nitrogens with zero attached hydrogens (tertiary/aromatic N) is 2. The third-order valence-corrected chi connectivity index (χ3v) is 5.10. The Kier molecular flexibility index (Phi) is 4.81. The molecule has 0 spiro atoms. The number of nitro benzene ring substituents is 1. The van der Waals surface area contributed by atoms with Crippen molar-refractivity contribution in [2.75, 3.05) is 20.3 Å². The summed E-state index contributed by atoms with van der Waals surface area (Å²) in [6, 6.07) is 9.62. The number of hydrogen-bond acceptors (Lipinski definition) is 6. The van der Waals surface area contributed by atoms with E-state index in [1.165, 1.54) is 42.3 Å². The highest BCUT2D eigenvalue weighted by Crippen LogP contribution is 2.39. The largest absolute Gasteiger partial charge is 0.450 e. The van der Waals surface area contributed by atoms with Gasteiger partial charge in [0.05, 0.1) is 28.5 Å². The Morgan fingerprint density at radius 2 is 2.03 bits per heavy atom. The maximum absolute atomic E-state index is 13.3. The van der Waals surface area contributed by atoms with Gasteiger partial charge in [-0.05, 0) is 23.8 Å². The molecular formula is C20H15ClN2O6. The fourth-order valence-electron chi connectivity index (χ4n) is 3.57. The average molecular weight is 415 g/mol. The first-order chi connectivity index (χ1) is 13.9. The van der Waals surface area contributed by atoms with Crippen LogP contribution < -0.4 is 5.43 Å². The number of hydrogen-bond donors (Lipinski definition) is 0. The van der Waals surface area contributed by atoms with Crippen LogP contribution in [0.25, 0.3) is 11.0 Å². The Labute approximate surface area is 169 Å². The van der Waals surface area contributed by atoms with Crippen LogP contribution >= 0.6 is 11.6 Å². The summed E-state index contributed by atoms with van der Waals surface area (Å²) < 4.78 is 10.9. The maximum Gasteiger partial charge on any atom is 0.290 e. The van der Waals surface area contributed by atoms with Crippen LogP contribution in [-0.2, 0) is 4.74 Å². The molecule has 0 bridgehead atoms. The number of carbonyl (C=O) groups excluding carboxylic acids is 1. The predicted octanol–water partition coefficient (Wildman–Crippen LogP) is 3.55. The van der Waals surface area contributed by atoms with E-state index in [9.17, 15) is 19.7 Å². The van der Waals surface area contributed by atoms with E-state index in [1.54, 1.807) is 12.1 Å². The van der Waals surface area contributed by atoms with Crippen LogP contribution in [-0.4, -0.2) is 36.0 Å². The molecule has 1 unspecified atom stereocenters. The van der Waals surface area contributed by atoms with Crippen molar-refractivity contribution in [3.05, 3.63) is 84.7 Å². The van der Waals surface area contributed by atoms with Crippen LogP contribution in [0.15, 0.2) is 51.7 Å². The van der Waals surface area contributed by atoms with Crippen LogP contribution in [0.5, 0.6) is 0 Å². The molecule has 29 heavy (non-hydrogen) atoms. The lowest BCUT2D eigenvalue weighted by Gasteiger charge is -2.24. The van der Waals surface area contributed by atoms with Gasteiger partial charge >= 0.3 is 0 Å². The van der Waals surface area contributed by atoms with E-state index in [0.29, 0.717) is 10.6 Å². The standard InChI is InChI=1S/C20H15ClN2O6/c1-28-8-7-22-17(11-3-2-4-13(9-11)23(26)27)16-18(24)14-10-12(21)5-6-15(14)29-19(16)20(22)25/h2-6,9-10,17H,7-8H2,1H3. The van der Waals surface area contributed by atoms with Crippen molar-refractivity contribution in [1.82, 2.24) is 4.90 Å². The molecule has 148 valence electrons. The van der Waals surface area contributed by atoms with Gasteiger partial charge in [0.15, 0.2) is 5.43 Å². The molecule has 1 aromatic heterocycles. The molecule has 0 saturated carbocycles. The van der Waals surface area contributed by atoms with Gasteiger partial charge in [-0.1, -0.05) is 23.7 Å². The Bertz CT molecular complexity index is 1210. The van der Waals surface area contributed by atoms with Gasteiger partial charge < -0.3 is 14.1 Å². The zero-order valence-corrected chi connectivity index (χ0v) is 16.0. The summed E-state index contributed by atoms with van der Waals surface area (Å²) in [5.74, 6) is -0.542. The first kappa shape index (κ1) is 19.1. The third kappa shape index (κ3) is 3.16. The quantitative estimate of drug-likeness (QED) is 0.467. The fourth-order valence-corrected chi connectivity index (χ4v) is 3.74. The van der Waals surface area contributed by atoms with E-state index in [2.05, 4.69) is 0 Å². The topological polar surface area (TPSA) is 103 Å². The molecule has 1 amide bonds. The lowest BCUT2D eigenvalue weighted by Crippen LogP contribution is -2.32. The highest BCUT2D eigenvalue weighted by Gasteiger charge is 2.42. The number of carbonyl (C=O) groups is 1. The summed E-state index contributed by atoms with van der Waals surface area (Å²) in [6.45, 7) is 0.411. The molecule has 4 rings (SSSR count). The molecule has 2 aromatic carbocycles. The summed E-state index contributed by atoms with van der Waals surface area (Å²) in [6.07, 6.45) is 0. The number of methoxy groups -OCH3 is 1. The minimum atomic E-state index is -0.827. The number of non-ortho nitro benzene ring substituents is 1. The van der Waals surface area contributed by atoms with Crippen molar-refractivity contribution in [2.24, 2.45) is 0 Å². The van der Waals surface area contributed by atoms with Gasteiger partial charge in [-0.25, -0.2) is 0 Å². The summed E-state index contributed by atoms with van der Waals surface area (Å²) in [5, 5.41) is 11.8. The lowest BCUT2D eigenvalue weighted by molar-refractivity contribution is -0.384. The molecular weight excluding hydrogens is 400 g/mol. The molecule has 1 atom stereocenters. The number of halogens is 1. The van der Waals surface area contributed by atoms with Gasteiger partial charge in [-0.15, -0.1) is 0 Å². The van der Waals surface area contributed by atoms with Crippen molar-refractivity contribution in [3.63, 3.8) is 0 Å². The third-order valence-electron chi connectivity index (χ3n) is 4.86. The van der Waals surface area contributed by atoms with Crippen LogP contribution in [0.1, 0.15) is 27.7 Å². The molecule has 0 saturated heterocycles. The second-order valence-electron chi connectivity index (χ2n) is 6.56. The van der Waals surface area contributed by atoms with Gasteiger partial charge in [0, 0.05) is 30.8 Å². The molecule has 3 aromatic rings. The number of rotatable bonds is 5. The summed E-state index contributed by atoms with van der Waals surface area (Å²) in [4.78, 5) is 38.4. The molecule has 2 heterocycles. The second-order valence-corrected chi connectivity index (χ2v) is 7.00. The lowest BCUT2D eigenvalue weighted by atomic mass is 9.98. The Hall–Kier alpha value is -3.23. The minimum Gasteiger partial charge on any atom is -0.450 e. The first-order valence-corrected chi connectivity index (χ1v) is 9.10. The van der Waals surface area contributed by atoms with Gasteiger partial charge in [-0.3, -0.25) is 19.7 Å². The Morgan fingerprint density at radius 1 is 1.24 bits per heavy atom. The van der Waals surface area contributed by atoms with Crippen molar-refractivity contribution < 1.29 is 18.9 Å². The normalized spacial score (nSPS) is 15.7. The van der Waals surface area contributed by atoms with Gasteiger partial charge in [0.1, 0.15) is 5.58 Å². The zero-order valence-electron chi connectivity index (χ0n) is 15.3. The predicted molar refractivity (Wildman–Crippen MR) is 105 cm³/mol. The maximum atomic E-state index is 13.3. The average Bonchev–Trinajstić information content (AvgIpc) is 2.99. The van der Waals surface area contributed by atoms with E-state index >= 15 is 0 Å². The molecule has 0 fully saturated rings. The smallest absolute Gasteiger partial charge is 0.290 e. The molecule has 9 heteroatoms. The SMILES string of the molecule is COCCN1C(=O)c2oc3ccc(Cl)cc3c(=O)c2C1c1cccc([N+](=O)[O-])c1. The van der Waals surface area contributed by atoms with Crippen molar-refractivity contribution >= 4 is 34.2 Å². The van der Waals surface area contributed by atoms with E-state index < -0.39 is 22.3 Å². The van der Waals surface area contributed by atoms with Crippen molar-refractivity contribution in [2.45, 2.75) is 6.04 Å². The van der Waals surface area contributed by atoms with Crippen LogP contribution in [0.4, 0.5) is 5.69 Å². The molecule has 0 N–H and O–H groups in total. The van der Waals surface area contributed by atoms with E-state index in [0.717, 1.165) is 0 Å². The number of amides is 1. The van der Waals surface area contributed by atoms with Crippen LogP contribution in [0.3, 0.4) is 0 Å². The molecule has 0 aliphatic carbocycles. The van der Waals surface area contributed by atoms with E-state index in [-0.39, 0.29) is 41.1 Å². The highest BCUT2D eigenvalue weighted by molar-refractivity contribution is 6.31. The summed E-state index contributed by atoms with van der Waals surface area (Å²) >= 11 is 6.03. The Morgan fingerprint density at radius 3 is 2.76 bits per heavy atom. The molecule has 1 aliphatic heterocycles. The van der Waals surface area contributed by atoms with E-state index in [1.807, 2.05) is 0 Å². The Balaban J connectivity index is 1.98. The number of fused-ring (bicyclic) bond motifs is 2. The molecule has 1 aliphatic rings. The monoisotopic (exact) mass is 414 g/mol. The summed E-state index contributed by atoms with van der Waals surface area (Å²) in [7, 11) is 1.50. The van der Waals surface area contributed by atoms with Gasteiger partial charge in [-0.2, -0.15) is 0 Å². The highest BCUT2D eigenvalue weighted by atomic mass is 35.5. The second kappa shape index (κ2) is 7.31. The first-order valence-electron chi connectivity index (χ1n) is 8.73. The molecule has 8 nitrogen and oxygen atoms in total. The number of nitro groups is 1. The number of benzene rings is 2.